The van der Waals surface area contributed by atoms with Crippen LogP contribution in [0, 0.1) is 11.8 Å². The Morgan fingerprint density at radius 3 is 2.29 bits per heavy atom. The molecule has 1 saturated carbocycles. The van der Waals surface area contributed by atoms with Crippen LogP contribution in [-0.4, -0.2) is 92.0 Å². The van der Waals surface area contributed by atoms with E-state index < -0.39 is 17.7 Å². The Labute approximate surface area is 308 Å². The third-order valence-electron chi connectivity index (χ3n) is 9.97. The first-order valence-electron chi connectivity index (χ1n) is 18.5. The van der Waals surface area contributed by atoms with Crippen molar-refractivity contribution in [2.75, 3.05) is 57.0 Å². The monoisotopic (exact) mass is 709 g/mol. The Balaban J connectivity index is 1.25. The predicted molar refractivity (Wildman–Crippen MR) is 208 cm³/mol. The number of likely N-dealkylation sites (N-methyl/N-ethyl adjacent to an activating group) is 1. The second kappa shape index (κ2) is 17.6. The van der Waals surface area contributed by atoms with Crippen molar-refractivity contribution in [2.45, 2.75) is 71.4 Å². The lowest BCUT2D eigenvalue weighted by atomic mass is 9.81. The van der Waals surface area contributed by atoms with E-state index in [2.05, 4.69) is 56.0 Å². The highest BCUT2D eigenvalue weighted by atomic mass is 16.6. The number of hydrogen-bond donors (Lipinski definition) is 3. The predicted octanol–water partition coefficient (Wildman–Crippen LogP) is 5.94. The van der Waals surface area contributed by atoms with Crippen molar-refractivity contribution < 1.29 is 19.1 Å². The molecule has 1 aliphatic heterocycles. The Hall–Kier alpha value is -4.77. The third-order valence-corrected chi connectivity index (χ3v) is 9.97. The number of aliphatic imine (C=N–C) groups is 1. The van der Waals surface area contributed by atoms with Gasteiger partial charge in [0.15, 0.2) is 0 Å². The lowest BCUT2D eigenvalue weighted by Gasteiger charge is -2.33. The number of carbonyl (C=O) groups is 3. The molecule has 3 aromatic rings. The molecule has 1 atom stereocenters. The fourth-order valence-electron chi connectivity index (χ4n) is 6.72. The summed E-state index contributed by atoms with van der Waals surface area (Å²) in [6.07, 6.45) is 4.80. The minimum Gasteiger partial charge on any atom is -0.444 e. The molecule has 2 heterocycles. The van der Waals surface area contributed by atoms with Crippen LogP contribution < -0.4 is 20.9 Å². The van der Waals surface area contributed by atoms with Gasteiger partial charge < -0.3 is 30.5 Å². The largest absolute Gasteiger partial charge is 0.444 e. The van der Waals surface area contributed by atoms with Crippen LogP contribution in [0.2, 0.25) is 0 Å². The Kier molecular flexibility index (Phi) is 13.0. The quantitative estimate of drug-likeness (QED) is 0.211. The first kappa shape index (κ1) is 38.5. The molecule has 3 amide bonds. The lowest BCUT2D eigenvalue weighted by Crippen LogP contribution is -2.48. The molecule has 1 aromatic heterocycles. The maximum atomic E-state index is 13.9. The van der Waals surface area contributed by atoms with Crippen LogP contribution in [0.25, 0.3) is 11.1 Å². The molecule has 0 bridgehead atoms. The number of piperazine rings is 1. The molecule has 2 aromatic carbocycles. The third kappa shape index (κ3) is 11.1. The van der Waals surface area contributed by atoms with E-state index in [1.807, 2.05) is 76.4 Å². The Bertz CT molecular complexity index is 1690. The van der Waals surface area contributed by atoms with Crippen molar-refractivity contribution in [1.82, 2.24) is 20.5 Å². The van der Waals surface area contributed by atoms with Crippen LogP contribution >= 0.6 is 0 Å². The average Bonchev–Trinajstić information content (AvgIpc) is 3.13. The van der Waals surface area contributed by atoms with Crippen LogP contribution in [0.4, 0.5) is 16.3 Å². The number of pyridine rings is 1. The summed E-state index contributed by atoms with van der Waals surface area (Å²) in [4.78, 5) is 53.3. The standard InChI is InChI=1S/C41H55N7O4/c1-28(42-5)31-14-17-35(18-15-31)45-39(50)36(46-38(49)32-12-10-29(11-13-32)26-44-40(51)52-41(2,3)4)25-30-8-7-9-33(24-30)34-16-19-37(43-27-34)48-22-20-47(6)21-23-48/h7-9,14-19,24,27,29,32,36H,10-13,20-23,25-26H2,1-6H3,(H,44,51)(H,45,50)(H,46,49)/t29?,32?,36-/m0/s1. The minimum atomic E-state index is -0.786. The van der Waals surface area contributed by atoms with E-state index in [1.165, 1.54) is 0 Å². The summed E-state index contributed by atoms with van der Waals surface area (Å²) < 4.78 is 5.37. The zero-order valence-electron chi connectivity index (χ0n) is 31.6. The molecule has 52 heavy (non-hydrogen) atoms. The number of ether oxygens (including phenoxy) is 1. The maximum Gasteiger partial charge on any atom is 0.407 e. The van der Waals surface area contributed by atoms with Gasteiger partial charge in [-0.05, 0) is 107 Å². The van der Waals surface area contributed by atoms with Crippen molar-refractivity contribution in [3.63, 3.8) is 0 Å². The highest BCUT2D eigenvalue weighted by Crippen LogP contribution is 2.29. The normalized spacial score (nSPS) is 19.0. The van der Waals surface area contributed by atoms with Gasteiger partial charge in [0.05, 0.1) is 0 Å². The Morgan fingerprint density at radius 2 is 1.65 bits per heavy atom. The number of benzene rings is 2. The number of nitrogens with zero attached hydrogens (tertiary/aromatic N) is 4. The van der Waals surface area contributed by atoms with Crippen LogP contribution in [0.15, 0.2) is 71.9 Å². The SMILES string of the molecule is CN=C(C)c1ccc(NC(=O)[C@H](Cc2cccc(-c3ccc(N4CCN(C)CC4)nc3)c2)NC(=O)C2CCC(CNC(=O)OC(C)(C)C)CC2)cc1. The van der Waals surface area contributed by atoms with Gasteiger partial charge in [-0.1, -0.05) is 36.4 Å². The van der Waals surface area contributed by atoms with Gasteiger partial charge in [-0.2, -0.15) is 0 Å². The molecule has 3 N–H and O–H groups in total. The lowest BCUT2D eigenvalue weighted by molar-refractivity contribution is -0.130. The maximum absolute atomic E-state index is 13.9. The molecule has 5 rings (SSSR count). The van der Waals surface area contributed by atoms with Gasteiger partial charge >= 0.3 is 6.09 Å². The number of anilines is 2. The number of rotatable bonds is 11. The summed E-state index contributed by atoms with van der Waals surface area (Å²) in [5, 5.41) is 9.01. The number of carbonyl (C=O) groups excluding carboxylic acids is 3. The molecule has 2 aliphatic rings. The van der Waals surface area contributed by atoms with Crippen LogP contribution in [0.3, 0.4) is 0 Å². The summed E-state index contributed by atoms with van der Waals surface area (Å²) in [5.74, 6) is 0.642. The minimum absolute atomic E-state index is 0.122. The van der Waals surface area contributed by atoms with Crippen molar-refractivity contribution in [3.05, 3.63) is 78.0 Å². The second-order valence-electron chi connectivity index (χ2n) is 15.1. The number of aromatic nitrogens is 1. The van der Waals surface area contributed by atoms with Crippen molar-refractivity contribution >= 4 is 35.1 Å². The number of nitrogens with one attached hydrogen (secondary N) is 3. The van der Waals surface area contributed by atoms with Crippen molar-refractivity contribution in [1.29, 1.82) is 0 Å². The van der Waals surface area contributed by atoms with E-state index in [9.17, 15) is 14.4 Å². The fourth-order valence-corrected chi connectivity index (χ4v) is 6.72. The smallest absolute Gasteiger partial charge is 0.407 e. The van der Waals surface area contributed by atoms with Gasteiger partial charge in [-0.3, -0.25) is 14.6 Å². The number of alkyl carbamates (subject to hydrolysis) is 1. The van der Waals surface area contributed by atoms with Gasteiger partial charge in [-0.15, -0.1) is 0 Å². The molecule has 0 radical (unpaired) electrons. The molecule has 0 unspecified atom stereocenters. The molecule has 0 spiro atoms. The Morgan fingerprint density at radius 1 is 0.942 bits per heavy atom. The average molecular weight is 710 g/mol. The molecular weight excluding hydrogens is 654 g/mol. The summed E-state index contributed by atoms with van der Waals surface area (Å²) >= 11 is 0. The van der Waals surface area contributed by atoms with E-state index in [1.54, 1.807) is 7.05 Å². The van der Waals surface area contributed by atoms with Crippen molar-refractivity contribution in [3.8, 4) is 11.1 Å². The van der Waals surface area contributed by atoms with Crippen LogP contribution in [0.1, 0.15) is 64.5 Å². The summed E-state index contributed by atoms with van der Waals surface area (Å²) in [6.45, 7) is 11.9. The van der Waals surface area contributed by atoms with Gasteiger partial charge in [0.25, 0.3) is 0 Å². The highest BCUT2D eigenvalue weighted by Gasteiger charge is 2.30. The van der Waals surface area contributed by atoms with Crippen molar-refractivity contribution in [2.24, 2.45) is 16.8 Å². The number of amides is 3. The molecule has 1 saturated heterocycles. The summed E-state index contributed by atoms with van der Waals surface area (Å²) in [7, 11) is 3.89. The zero-order chi connectivity index (χ0) is 37.3. The van der Waals surface area contributed by atoms with Gasteiger partial charge in [0.2, 0.25) is 11.8 Å². The first-order chi connectivity index (χ1) is 24.9. The first-order valence-corrected chi connectivity index (χ1v) is 18.5. The van der Waals surface area contributed by atoms with E-state index in [4.69, 9.17) is 9.72 Å². The second-order valence-corrected chi connectivity index (χ2v) is 15.1. The van der Waals surface area contributed by atoms with Gasteiger partial charge in [0, 0.05) is 75.3 Å². The molecule has 1 aliphatic carbocycles. The van der Waals surface area contributed by atoms with E-state index in [0.717, 1.165) is 72.8 Å². The topological polar surface area (TPSA) is 128 Å². The van der Waals surface area contributed by atoms with Crippen LogP contribution in [-0.2, 0) is 20.7 Å². The zero-order valence-corrected chi connectivity index (χ0v) is 31.6. The van der Waals surface area contributed by atoms with Gasteiger partial charge in [0.1, 0.15) is 17.5 Å². The molecule has 11 heteroatoms. The molecule has 2 fully saturated rings. The number of hydrogen-bond acceptors (Lipinski definition) is 8. The molecule has 278 valence electrons. The molecular formula is C41H55N7O4. The fraction of sp³-hybridized carbons (Fsp3) is 0.488. The van der Waals surface area contributed by atoms with Gasteiger partial charge in [-0.25, -0.2) is 9.78 Å². The van der Waals surface area contributed by atoms with E-state index in [-0.39, 0.29) is 23.7 Å². The molecule has 11 nitrogen and oxygen atoms in total. The van der Waals surface area contributed by atoms with E-state index >= 15 is 0 Å². The van der Waals surface area contributed by atoms with Crippen LogP contribution in [0.5, 0.6) is 0 Å². The van der Waals surface area contributed by atoms with E-state index in [0.29, 0.717) is 31.5 Å². The highest BCUT2D eigenvalue weighted by molar-refractivity contribution is 6.00. The summed E-state index contributed by atoms with van der Waals surface area (Å²) in [6, 6.07) is 19.0. The summed E-state index contributed by atoms with van der Waals surface area (Å²) in [5.41, 5.74) is 4.91.